The second-order valence-electron chi connectivity index (χ2n) is 6.05. The fourth-order valence-corrected chi connectivity index (χ4v) is 2.56. The molecule has 3 aromatic rings. The Morgan fingerprint density at radius 3 is 2.74 bits per heavy atom. The van der Waals surface area contributed by atoms with E-state index < -0.39 is 0 Å². The van der Waals surface area contributed by atoms with Crippen molar-refractivity contribution in [3.05, 3.63) is 30.7 Å². The van der Waals surface area contributed by atoms with Gasteiger partial charge in [0.05, 0.1) is 0 Å². The van der Waals surface area contributed by atoms with Gasteiger partial charge in [-0.1, -0.05) is 6.07 Å². The molecule has 0 amide bonds. The van der Waals surface area contributed by atoms with Gasteiger partial charge in [0.25, 0.3) is 0 Å². The Balaban J connectivity index is 1.80. The number of nitrogens with zero attached hydrogens (tertiary/aromatic N) is 5. The van der Waals surface area contributed by atoms with Crippen molar-refractivity contribution in [2.24, 2.45) is 0 Å². The molecule has 2 N–H and O–H groups in total. The molecular formula is C16H19N7. The summed E-state index contributed by atoms with van der Waals surface area (Å²) >= 11 is 0. The molecule has 0 aliphatic heterocycles. The topological polar surface area (TPSA) is 80.5 Å². The average molecular weight is 309 g/mol. The molecule has 118 valence electrons. The maximum atomic E-state index is 4.73. The van der Waals surface area contributed by atoms with Gasteiger partial charge < -0.3 is 10.6 Å². The van der Waals surface area contributed by atoms with Gasteiger partial charge in [0.1, 0.15) is 12.1 Å². The van der Waals surface area contributed by atoms with E-state index in [0.717, 1.165) is 28.7 Å². The zero-order chi connectivity index (χ0) is 15.8. The van der Waals surface area contributed by atoms with Crippen LogP contribution in [0.1, 0.15) is 32.7 Å². The lowest BCUT2D eigenvalue weighted by Gasteiger charge is -2.12. The van der Waals surface area contributed by atoms with Crippen LogP contribution in [-0.2, 0) is 0 Å². The summed E-state index contributed by atoms with van der Waals surface area (Å²) in [6.07, 6.45) is 5.73. The summed E-state index contributed by atoms with van der Waals surface area (Å²) in [4.78, 5) is 17.9. The van der Waals surface area contributed by atoms with Crippen molar-refractivity contribution in [3.63, 3.8) is 0 Å². The number of rotatable bonds is 5. The van der Waals surface area contributed by atoms with Crippen LogP contribution in [0.5, 0.6) is 0 Å². The molecule has 7 nitrogen and oxygen atoms in total. The van der Waals surface area contributed by atoms with Gasteiger partial charge >= 0.3 is 0 Å². The fraction of sp³-hybridized carbons (Fsp3) is 0.375. The van der Waals surface area contributed by atoms with E-state index in [4.69, 9.17) is 4.98 Å². The third-order valence-electron chi connectivity index (χ3n) is 3.82. The van der Waals surface area contributed by atoms with Gasteiger partial charge in [-0.05, 0) is 38.8 Å². The summed E-state index contributed by atoms with van der Waals surface area (Å²) in [5.41, 5.74) is 1.63. The fourth-order valence-electron chi connectivity index (χ4n) is 2.56. The highest BCUT2D eigenvalue weighted by Crippen LogP contribution is 2.30. The molecule has 0 unspecified atom stereocenters. The molecule has 4 rings (SSSR count). The first-order chi connectivity index (χ1) is 11.2. The number of anilines is 3. The quantitative estimate of drug-likeness (QED) is 0.753. The number of fused-ring (bicyclic) bond motifs is 1. The van der Waals surface area contributed by atoms with E-state index >= 15 is 0 Å². The third-order valence-corrected chi connectivity index (χ3v) is 3.82. The lowest BCUT2D eigenvalue weighted by Crippen LogP contribution is -2.08. The van der Waals surface area contributed by atoms with Crippen molar-refractivity contribution in [3.8, 4) is 0 Å². The van der Waals surface area contributed by atoms with Crippen LogP contribution in [0.3, 0.4) is 0 Å². The summed E-state index contributed by atoms with van der Waals surface area (Å²) in [5.74, 6) is 2.29. The highest BCUT2D eigenvalue weighted by molar-refractivity contribution is 5.86. The van der Waals surface area contributed by atoms with Crippen molar-refractivity contribution >= 4 is 28.7 Å². The molecule has 0 bridgehead atoms. The highest BCUT2D eigenvalue weighted by atomic mass is 15.3. The molecule has 0 atom stereocenters. The van der Waals surface area contributed by atoms with Crippen molar-refractivity contribution < 1.29 is 0 Å². The molecule has 1 aliphatic carbocycles. The summed E-state index contributed by atoms with van der Waals surface area (Å²) in [6, 6.07) is 6.48. The normalized spacial score (nSPS) is 14.4. The lowest BCUT2D eigenvalue weighted by atomic mass is 10.4. The number of nitrogens with one attached hydrogen (secondary N) is 2. The Hall–Kier alpha value is -2.70. The monoisotopic (exact) mass is 309 g/mol. The predicted octanol–water partition coefficient (Wildman–Crippen LogP) is 3.12. The van der Waals surface area contributed by atoms with Crippen LogP contribution in [0, 0.1) is 0 Å². The Kier molecular flexibility index (Phi) is 3.33. The summed E-state index contributed by atoms with van der Waals surface area (Å²) in [6.45, 7) is 4.22. The van der Waals surface area contributed by atoms with Gasteiger partial charge in [0, 0.05) is 18.3 Å². The zero-order valence-electron chi connectivity index (χ0n) is 13.2. The average Bonchev–Trinajstić information content (AvgIpc) is 3.27. The van der Waals surface area contributed by atoms with E-state index in [0.29, 0.717) is 6.04 Å². The molecule has 0 spiro atoms. The van der Waals surface area contributed by atoms with Gasteiger partial charge in [-0.25, -0.2) is 19.9 Å². The van der Waals surface area contributed by atoms with E-state index in [9.17, 15) is 0 Å². The molecule has 23 heavy (non-hydrogen) atoms. The second kappa shape index (κ2) is 5.49. The lowest BCUT2D eigenvalue weighted by molar-refractivity contribution is 0.620. The minimum Gasteiger partial charge on any atom is -0.365 e. The third kappa shape index (κ3) is 2.69. The van der Waals surface area contributed by atoms with Gasteiger partial charge in [-0.3, -0.25) is 4.57 Å². The van der Waals surface area contributed by atoms with Crippen LogP contribution in [0.25, 0.3) is 11.2 Å². The smallest absolute Gasteiger partial charge is 0.211 e. The van der Waals surface area contributed by atoms with Crippen molar-refractivity contribution in [2.45, 2.75) is 38.8 Å². The minimum absolute atomic E-state index is 0.217. The van der Waals surface area contributed by atoms with Crippen LogP contribution in [0.15, 0.2) is 30.7 Å². The standard InChI is InChI=1S/C16H19N7/c1-10(2)23-15-13(14(18-9-19-15)20-11-6-7-11)22-16(23)21-12-5-3-4-8-17-12/h3-5,8-11H,6-7H2,1-2H3,(H,17,21,22)(H,18,19,20). The number of hydrogen-bond donors (Lipinski definition) is 2. The van der Waals surface area contributed by atoms with E-state index in [1.807, 2.05) is 18.2 Å². The van der Waals surface area contributed by atoms with Crippen LogP contribution in [0.2, 0.25) is 0 Å². The minimum atomic E-state index is 0.217. The predicted molar refractivity (Wildman–Crippen MR) is 89.9 cm³/mol. The number of pyridine rings is 1. The van der Waals surface area contributed by atoms with Crippen molar-refractivity contribution in [2.75, 3.05) is 10.6 Å². The summed E-state index contributed by atoms with van der Waals surface area (Å²) < 4.78 is 2.07. The van der Waals surface area contributed by atoms with Gasteiger partial charge in [0.2, 0.25) is 5.95 Å². The molecule has 7 heteroatoms. The molecule has 0 radical (unpaired) electrons. The maximum absolute atomic E-state index is 4.73. The van der Waals surface area contributed by atoms with E-state index in [2.05, 4.69) is 44.0 Å². The second-order valence-corrected chi connectivity index (χ2v) is 6.05. The van der Waals surface area contributed by atoms with E-state index in [1.165, 1.54) is 12.8 Å². The summed E-state index contributed by atoms with van der Waals surface area (Å²) in [5, 5.41) is 6.72. The maximum Gasteiger partial charge on any atom is 0.211 e. The van der Waals surface area contributed by atoms with Crippen LogP contribution in [0.4, 0.5) is 17.6 Å². The molecule has 3 heterocycles. The van der Waals surface area contributed by atoms with Crippen LogP contribution < -0.4 is 10.6 Å². The summed E-state index contributed by atoms with van der Waals surface area (Å²) in [7, 11) is 0. The van der Waals surface area contributed by atoms with Crippen LogP contribution in [-0.4, -0.2) is 30.5 Å². The van der Waals surface area contributed by atoms with Crippen LogP contribution >= 0.6 is 0 Å². The Morgan fingerprint density at radius 2 is 2.04 bits per heavy atom. The zero-order valence-corrected chi connectivity index (χ0v) is 13.2. The first-order valence-electron chi connectivity index (χ1n) is 7.90. The SMILES string of the molecule is CC(C)n1c(Nc2ccccn2)nc2c(NC3CC3)ncnc21. The van der Waals surface area contributed by atoms with Crippen molar-refractivity contribution in [1.82, 2.24) is 24.5 Å². The molecule has 1 fully saturated rings. The number of imidazole rings is 1. The largest absolute Gasteiger partial charge is 0.365 e. The molecule has 1 aliphatic rings. The molecule has 0 saturated heterocycles. The molecular weight excluding hydrogens is 290 g/mol. The van der Waals surface area contributed by atoms with Gasteiger partial charge in [-0.2, -0.15) is 0 Å². The van der Waals surface area contributed by atoms with Gasteiger partial charge in [0.15, 0.2) is 17.0 Å². The first kappa shape index (κ1) is 13.9. The number of hydrogen-bond acceptors (Lipinski definition) is 6. The molecule has 3 aromatic heterocycles. The first-order valence-corrected chi connectivity index (χ1v) is 7.90. The Bertz CT molecular complexity index is 821. The van der Waals surface area contributed by atoms with Crippen molar-refractivity contribution in [1.29, 1.82) is 0 Å². The highest BCUT2D eigenvalue weighted by Gasteiger charge is 2.24. The Morgan fingerprint density at radius 1 is 1.17 bits per heavy atom. The Labute approximate surface area is 134 Å². The molecule has 0 aromatic carbocycles. The van der Waals surface area contributed by atoms with E-state index in [-0.39, 0.29) is 6.04 Å². The molecule has 1 saturated carbocycles. The number of aromatic nitrogens is 5. The van der Waals surface area contributed by atoms with Gasteiger partial charge in [-0.15, -0.1) is 0 Å². The van der Waals surface area contributed by atoms with E-state index in [1.54, 1.807) is 12.5 Å².